The number of methoxy groups -OCH3 is 2. The zero-order valence-corrected chi connectivity index (χ0v) is 17.7. The average molecular weight is 460 g/mol. The first kappa shape index (κ1) is 20.0. The van der Waals surface area contributed by atoms with Crippen molar-refractivity contribution in [3.05, 3.63) is 63.7 Å². The molecule has 0 atom stereocenters. The van der Waals surface area contributed by atoms with E-state index in [-0.39, 0.29) is 5.91 Å². The first-order chi connectivity index (χ1) is 13.6. The highest BCUT2D eigenvalue weighted by Crippen LogP contribution is 2.36. The number of amides is 1. The molecule has 2 heterocycles. The minimum absolute atomic E-state index is 0.210. The molecule has 6 nitrogen and oxygen atoms in total. The normalized spacial score (nSPS) is 10.8. The number of pyridine rings is 1. The number of thiazole rings is 1. The lowest BCUT2D eigenvalue weighted by Crippen LogP contribution is -2.20. The molecule has 0 aliphatic heterocycles. The number of carbonyl (C=O) groups is 1. The number of nitrogens with one attached hydrogen (secondary N) is 1. The van der Waals surface area contributed by atoms with E-state index < -0.39 is 0 Å². The summed E-state index contributed by atoms with van der Waals surface area (Å²) >= 11 is 4.94. The number of benzene rings is 1. The summed E-state index contributed by atoms with van der Waals surface area (Å²) in [4.78, 5) is 20.9. The van der Waals surface area contributed by atoms with Crippen LogP contribution in [0.4, 0.5) is 0 Å². The molecule has 0 radical (unpaired) electrons. The summed E-state index contributed by atoms with van der Waals surface area (Å²) in [6.07, 6.45) is 4.91. The molecule has 0 fully saturated rings. The van der Waals surface area contributed by atoms with E-state index in [0.29, 0.717) is 18.0 Å². The maximum absolute atomic E-state index is 12.1. The number of carbonyl (C=O) groups excluding carboxylic acids is 1. The maximum atomic E-state index is 12.1. The quantitative estimate of drug-likeness (QED) is 0.532. The Hall–Kier alpha value is -2.71. The van der Waals surface area contributed by atoms with Crippen molar-refractivity contribution in [2.45, 2.75) is 6.54 Å². The zero-order valence-electron chi connectivity index (χ0n) is 15.3. The van der Waals surface area contributed by atoms with Crippen LogP contribution in [0.15, 0.2) is 52.5 Å². The molecule has 144 valence electrons. The first-order valence-electron chi connectivity index (χ1n) is 8.34. The van der Waals surface area contributed by atoms with Gasteiger partial charge in [0.2, 0.25) is 5.91 Å². The lowest BCUT2D eigenvalue weighted by molar-refractivity contribution is -0.116. The highest BCUT2D eigenvalue weighted by atomic mass is 79.9. The van der Waals surface area contributed by atoms with E-state index in [1.807, 2.05) is 29.6 Å². The van der Waals surface area contributed by atoms with E-state index in [1.54, 1.807) is 32.6 Å². The molecule has 0 aliphatic carbocycles. The van der Waals surface area contributed by atoms with Crippen molar-refractivity contribution in [1.29, 1.82) is 0 Å². The van der Waals surface area contributed by atoms with Crippen molar-refractivity contribution in [3.8, 4) is 22.2 Å². The van der Waals surface area contributed by atoms with Crippen molar-refractivity contribution in [1.82, 2.24) is 15.3 Å². The smallest absolute Gasteiger partial charge is 0.244 e. The molecule has 1 N–H and O–H groups in total. The second-order valence-electron chi connectivity index (χ2n) is 5.65. The Morgan fingerprint density at radius 2 is 2.14 bits per heavy atom. The van der Waals surface area contributed by atoms with Crippen LogP contribution in [0.3, 0.4) is 0 Å². The van der Waals surface area contributed by atoms with Gasteiger partial charge in [0.1, 0.15) is 5.01 Å². The number of hydrogen-bond donors (Lipinski definition) is 1. The second-order valence-corrected chi connectivity index (χ2v) is 7.36. The minimum atomic E-state index is -0.210. The van der Waals surface area contributed by atoms with Crippen LogP contribution in [0.1, 0.15) is 11.3 Å². The third kappa shape index (κ3) is 4.96. The van der Waals surface area contributed by atoms with E-state index in [0.717, 1.165) is 26.4 Å². The van der Waals surface area contributed by atoms with Crippen LogP contribution in [0.2, 0.25) is 0 Å². The maximum Gasteiger partial charge on any atom is 0.244 e. The first-order valence-corrected chi connectivity index (χ1v) is 10.0. The molecule has 3 aromatic rings. The van der Waals surface area contributed by atoms with Crippen molar-refractivity contribution >= 4 is 39.2 Å². The summed E-state index contributed by atoms with van der Waals surface area (Å²) in [5, 5.41) is 5.58. The number of rotatable bonds is 7. The molecule has 0 aliphatic rings. The Balaban J connectivity index is 1.60. The molecule has 0 bridgehead atoms. The highest BCUT2D eigenvalue weighted by molar-refractivity contribution is 9.10. The van der Waals surface area contributed by atoms with E-state index >= 15 is 0 Å². The van der Waals surface area contributed by atoms with Gasteiger partial charge in [0.25, 0.3) is 0 Å². The average Bonchev–Trinajstić information content (AvgIpc) is 3.20. The summed E-state index contributed by atoms with van der Waals surface area (Å²) in [6, 6.07) is 9.34. The Bertz CT molecular complexity index is 990. The summed E-state index contributed by atoms with van der Waals surface area (Å²) in [5.41, 5.74) is 2.43. The SMILES string of the molecule is COc1cc(/C=C/C(=O)NCc2csc(-c3ccccn3)n2)cc(Br)c1OC. The molecular formula is C20H18BrN3O3S. The summed E-state index contributed by atoms with van der Waals surface area (Å²) in [5.74, 6) is 0.982. The van der Waals surface area contributed by atoms with Gasteiger partial charge in [-0.25, -0.2) is 4.98 Å². The molecule has 0 saturated carbocycles. The molecule has 28 heavy (non-hydrogen) atoms. The number of aromatic nitrogens is 2. The third-order valence-corrected chi connectivity index (χ3v) is 5.27. The fourth-order valence-corrected chi connectivity index (χ4v) is 3.85. The second kappa shape index (κ2) is 9.48. The topological polar surface area (TPSA) is 73.3 Å². The molecule has 8 heteroatoms. The molecular weight excluding hydrogens is 442 g/mol. The van der Waals surface area contributed by atoms with Crippen LogP contribution in [0.5, 0.6) is 11.5 Å². The number of ether oxygens (including phenoxy) is 2. The van der Waals surface area contributed by atoms with Gasteiger partial charge in [-0.3, -0.25) is 9.78 Å². The molecule has 1 amide bonds. The van der Waals surface area contributed by atoms with Crippen molar-refractivity contribution < 1.29 is 14.3 Å². The van der Waals surface area contributed by atoms with Crippen LogP contribution >= 0.6 is 27.3 Å². The van der Waals surface area contributed by atoms with Crippen molar-refractivity contribution in [2.24, 2.45) is 0 Å². The van der Waals surface area contributed by atoms with Crippen molar-refractivity contribution in [2.75, 3.05) is 14.2 Å². The molecule has 0 saturated heterocycles. The van der Waals surface area contributed by atoms with E-state index in [9.17, 15) is 4.79 Å². The standard InChI is InChI=1S/C20H18BrN3O3S/c1-26-17-10-13(9-15(21)19(17)27-2)6-7-18(25)23-11-14-12-28-20(24-14)16-5-3-4-8-22-16/h3-10,12H,11H2,1-2H3,(H,23,25)/b7-6+. The predicted molar refractivity (Wildman–Crippen MR) is 113 cm³/mol. The fourth-order valence-electron chi connectivity index (χ4n) is 2.44. The number of nitrogens with zero attached hydrogens (tertiary/aromatic N) is 2. The van der Waals surface area contributed by atoms with Gasteiger partial charge < -0.3 is 14.8 Å². The van der Waals surface area contributed by atoms with Crippen LogP contribution in [0, 0.1) is 0 Å². The number of halogens is 1. The summed E-state index contributed by atoms with van der Waals surface area (Å²) in [6.45, 7) is 0.349. The lowest BCUT2D eigenvalue weighted by Gasteiger charge is -2.10. The van der Waals surface area contributed by atoms with Gasteiger partial charge in [0, 0.05) is 17.7 Å². The van der Waals surface area contributed by atoms with Crippen LogP contribution in [0.25, 0.3) is 16.8 Å². The summed E-state index contributed by atoms with van der Waals surface area (Å²) in [7, 11) is 3.14. The molecule has 3 rings (SSSR count). The highest BCUT2D eigenvalue weighted by Gasteiger charge is 2.10. The summed E-state index contributed by atoms with van der Waals surface area (Å²) < 4.78 is 11.3. The molecule has 1 aromatic carbocycles. The van der Waals surface area contributed by atoms with E-state index in [4.69, 9.17) is 9.47 Å². The van der Waals surface area contributed by atoms with Gasteiger partial charge in [0.05, 0.1) is 36.6 Å². The molecule has 0 spiro atoms. The Kier molecular flexibility index (Phi) is 6.78. The van der Waals surface area contributed by atoms with E-state index in [1.165, 1.54) is 17.4 Å². The van der Waals surface area contributed by atoms with Gasteiger partial charge in [-0.2, -0.15) is 0 Å². The Morgan fingerprint density at radius 3 is 2.86 bits per heavy atom. The van der Waals surface area contributed by atoms with Crippen LogP contribution in [-0.4, -0.2) is 30.1 Å². The third-order valence-electron chi connectivity index (χ3n) is 3.76. The van der Waals surface area contributed by atoms with Gasteiger partial charge in [-0.05, 0) is 51.8 Å². The zero-order chi connectivity index (χ0) is 19.9. The van der Waals surface area contributed by atoms with Crippen LogP contribution < -0.4 is 14.8 Å². The molecule has 2 aromatic heterocycles. The number of hydrogen-bond acceptors (Lipinski definition) is 6. The van der Waals surface area contributed by atoms with Gasteiger partial charge in [-0.1, -0.05) is 6.07 Å². The Labute approximate surface area is 175 Å². The van der Waals surface area contributed by atoms with Crippen molar-refractivity contribution in [3.63, 3.8) is 0 Å². The van der Waals surface area contributed by atoms with E-state index in [2.05, 4.69) is 31.2 Å². The van der Waals surface area contributed by atoms with Gasteiger partial charge in [-0.15, -0.1) is 11.3 Å². The lowest BCUT2D eigenvalue weighted by atomic mass is 10.2. The minimum Gasteiger partial charge on any atom is -0.493 e. The predicted octanol–water partition coefficient (Wildman–Crippen LogP) is 4.31. The largest absolute Gasteiger partial charge is 0.493 e. The van der Waals surface area contributed by atoms with Crippen LogP contribution in [-0.2, 0) is 11.3 Å². The monoisotopic (exact) mass is 459 g/mol. The fraction of sp³-hybridized carbons (Fsp3) is 0.150. The van der Waals surface area contributed by atoms with Gasteiger partial charge >= 0.3 is 0 Å². The van der Waals surface area contributed by atoms with Gasteiger partial charge in [0.15, 0.2) is 11.5 Å². The Morgan fingerprint density at radius 1 is 1.29 bits per heavy atom. The molecule has 0 unspecified atom stereocenters.